The number of carbonyl (C=O) groups is 1. The number of sulfonamides is 1. The number of benzene rings is 1. The van der Waals surface area contributed by atoms with Crippen molar-refractivity contribution < 1.29 is 35.9 Å². The average molecular weight is 458 g/mol. The van der Waals surface area contributed by atoms with E-state index in [2.05, 4.69) is 9.72 Å². The molecular formula is C20H21F3N2O5S. The molecule has 1 aromatic carbocycles. The van der Waals surface area contributed by atoms with Crippen molar-refractivity contribution in [2.24, 2.45) is 0 Å². The van der Waals surface area contributed by atoms with Crippen LogP contribution in [0.3, 0.4) is 0 Å². The number of ether oxygens (including phenoxy) is 2. The number of hydrogen-bond donors (Lipinski definition) is 0. The minimum Gasteiger partial charge on any atom is -0.405 e. The van der Waals surface area contributed by atoms with Crippen LogP contribution in [0.15, 0.2) is 47.5 Å². The molecule has 0 aliphatic carbocycles. The Morgan fingerprint density at radius 1 is 1.10 bits per heavy atom. The van der Waals surface area contributed by atoms with Crippen LogP contribution in [0.5, 0.6) is 5.75 Å². The third-order valence-corrected chi connectivity index (χ3v) is 6.55. The molecule has 0 saturated carbocycles. The van der Waals surface area contributed by atoms with Crippen molar-refractivity contribution in [1.29, 1.82) is 0 Å². The smallest absolute Gasteiger partial charge is 0.405 e. The van der Waals surface area contributed by atoms with Crippen LogP contribution in [-0.2, 0) is 21.4 Å². The van der Waals surface area contributed by atoms with E-state index in [-0.39, 0.29) is 16.2 Å². The summed E-state index contributed by atoms with van der Waals surface area (Å²) in [5.41, 5.74) is 0.0138. The van der Waals surface area contributed by atoms with Crippen LogP contribution in [0.1, 0.15) is 35.3 Å². The normalized spacial score (nSPS) is 15.6. The summed E-state index contributed by atoms with van der Waals surface area (Å²) in [6, 6.07) is 7.85. The topological polar surface area (TPSA) is 85.8 Å². The molecule has 0 unspecified atom stereocenters. The second kappa shape index (κ2) is 9.75. The van der Waals surface area contributed by atoms with E-state index in [4.69, 9.17) is 4.74 Å². The summed E-state index contributed by atoms with van der Waals surface area (Å²) in [4.78, 5) is 15.8. The van der Waals surface area contributed by atoms with Gasteiger partial charge in [0.2, 0.25) is 15.8 Å². The van der Waals surface area contributed by atoms with Crippen molar-refractivity contribution in [2.75, 3.05) is 19.7 Å². The van der Waals surface area contributed by atoms with Gasteiger partial charge in [0.25, 0.3) is 0 Å². The molecule has 3 rings (SSSR count). The van der Waals surface area contributed by atoms with E-state index in [1.165, 1.54) is 16.6 Å². The van der Waals surface area contributed by atoms with Gasteiger partial charge in [-0.1, -0.05) is 12.5 Å². The van der Waals surface area contributed by atoms with E-state index in [1.54, 1.807) is 12.1 Å². The fraction of sp³-hybridized carbons (Fsp3) is 0.400. The molecule has 1 fully saturated rings. The minimum absolute atomic E-state index is 0.135. The van der Waals surface area contributed by atoms with Gasteiger partial charge in [0.15, 0.2) is 0 Å². The number of piperidine rings is 1. The number of hydrogen-bond acceptors (Lipinski definition) is 6. The number of pyridine rings is 1. The van der Waals surface area contributed by atoms with Crippen molar-refractivity contribution in [3.05, 3.63) is 53.9 Å². The van der Waals surface area contributed by atoms with Crippen molar-refractivity contribution in [2.45, 2.75) is 37.1 Å². The number of carbonyl (C=O) groups excluding carboxylic acids is 1. The number of aromatic nitrogens is 1. The van der Waals surface area contributed by atoms with E-state index < -0.39 is 41.1 Å². The SMILES string of the molecule is O=C(COCc1cc(S(=O)(=O)N2CCCCC2)ccc1OC(F)(F)F)c1ccccn1. The summed E-state index contributed by atoms with van der Waals surface area (Å²) in [7, 11) is -3.87. The monoisotopic (exact) mass is 458 g/mol. The molecule has 0 spiro atoms. The molecule has 11 heteroatoms. The van der Waals surface area contributed by atoms with Crippen LogP contribution in [0, 0.1) is 0 Å². The zero-order valence-corrected chi connectivity index (χ0v) is 17.3. The van der Waals surface area contributed by atoms with Crippen molar-refractivity contribution in [1.82, 2.24) is 9.29 Å². The molecule has 0 atom stereocenters. The van der Waals surface area contributed by atoms with Crippen LogP contribution in [0.25, 0.3) is 0 Å². The molecule has 0 N–H and O–H groups in total. The van der Waals surface area contributed by atoms with Gasteiger partial charge in [0.1, 0.15) is 18.1 Å². The molecule has 2 aromatic rings. The lowest BCUT2D eigenvalue weighted by atomic mass is 10.2. The fourth-order valence-electron chi connectivity index (χ4n) is 3.16. The van der Waals surface area contributed by atoms with Crippen molar-refractivity contribution >= 4 is 15.8 Å². The minimum atomic E-state index is -4.97. The van der Waals surface area contributed by atoms with Crippen LogP contribution >= 0.6 is 0 Å². The fourth-order valence-corrected chi connectivity index (χ4v) is 4.73. The average Bonchev–Trinajstić information content (AvgIpc) is 2.75. The van der Waals surface area contributed by atoms with E-state index in [0.717, 1.165) is 37.5 Å². The maximum Gasteiger partial charge on any atom is 0.573 e. The van der Waals surface area contributed by atoms with E-state index >= 15 is 0 Å². The van der Waals surface area contributed by atoms with E-state index in [1.807, 2.05) is 0 Å². The molecular weight excluding hydrogens is 437 g/mol. The van der Waals surface area contributed by atoms with Gasteiger partial charge >= 0.3 is 6.36 Å². The largest absolute Gasteiger partial charge is 0.573 e. The quantitative estimate of drug-likeness (QED) is 0.563. The van der Waals surface area contributed by atoms with Gasteiger partial charge in [0.05, 0.1) is 11.5 Å². The zero-order chi connectivity index (χ0) is 22.5. The first kappa shape index (κ1) is 23.2. The van der Waals surface area contributed by atoms with E-state index in [0.29, 0.717) is 13.1 Å². The predicted molar refractivity (Wildman–Crippen MR) is 104 cm³/mol. The van der Waals surface area contributed by atoms with Gasteiger partial charge in [-0.2, -0.15) is 4.31 Å². The van der Waals surface area contributed by atoms with Crippen LogP contribution in [-0.4, -0.2) is 49.5 Å². The van der Waals surface area contributed by atoms with Crippen molar-refractivity contribution in [3.8, 4) is 5.75 Å². The zero-order valence-electron chi connectivity index (χ0n) is 16.5. The Morgan fingerprint density at radius 2 is 1.84 bits per heavy atom. The first-order valence-electron chi connectivity index (χ1n) is 9.57. The Hall–Kier alpha value is -2.50. The number of ketones is 1. The highest BCUT2D eigenvalue weighted by molar-refractivity contribution is 7.89. The molecule has 0 amide bonds. The highest BCUT2D eigenvalue weighted by Crippen LogP contribution is 2.30. The molecule has 0 bridgehead atoms. The Kier molecular flexibility index (Phi) is 7.29. The van der Waals surface area contributed by atoms with Gasteiger partial charge in [-0.15, -0.1) is 13.2 Å². The summed E-state index contributed by atoms with van der Waals surface area (Å²) in [6.45, 7) is -0.181. The van der Waals surface area contributed by atoms with Crippen LogP contribution in [0.2, 0.25) is 0 Å². The number of Topliss-reactive ketones (excluding diaryl/α,β-unsaturated/α-hetero) is 1. The maximum absolute atomic E-state index is 12.9. The van der Waals surface area contributed by atoms with Gasteiger partial charge in [-0.3, -0.25) is 9.78 Å². The molecule has 1 aliphatic heterocycles. The number of alkyl halides is 3. The number of halogens is 3. The summed E-state index contributed by atoms with van der Waals surface area (Å²) in [5.74, 6) is -1.05. The number of rotatable bonds is 8. The highest BCUT2D eigenvalue weighted by Gasteiger charge is 2.33. The lowest BCUT2D eigenvalue weighted by Gasteiger charge is -2.26. The molecule has 31 heavy (non-hydrogen) atoms. The molecule has 168 valence electrons. The second-order valence-electron chi connectivity index (χ2n) is 6.91. The standard InChI is InChI=1S/C20H21F3N2O5S/c21-20(22,23)30-19-8-7-16(31(27,28)25-10-4-1-5-11-25)12-15(19)13-29-14-18(26)17-6-2-3-9-24-17/h2-3,6-9,12H,1,4-5,10-11,13-14H2. The molecule has 7 nitrogen and oxygen atoms in total. The van der Waals surface area contributed by atoms with Crippen molar-refractivity contribution in [3.63, 3.8) is 0 Å². The first-order valence-corrected chi connectivity index (χ1v) is 11.0. The number of nitrogens with zero attached hydrogens (tertiary/aromatic N) is 2. The predicted octanol–water partition coefficient (Wildman–Crippen LogP) is 3.55. The summed E-state index contributed by atoms with van der Waals surface area (Å²) < 4.78 is 74.6. The van der Waals surface area contributed by atoms with Gasteiger partial charge in [0, 0.05) is 24.8 Å². The third-order valence-electron chi connectivity index (χ3n) is 4.65. The highest BCUT2D eigenvalue weighted by atomic mass is 32.2. The maximum atomic E-state index is 12.9. The Morgan fingerprint density at radius 3 is 2.48 bits per heavy atom. The lowest BCUT2D eigenvalue weighted by molar-refractivity contribution is -0.275. The molecule has 1 aromatic heterocycles. The van der Waals surface area contributed by atoms with Crippen LogP contribution < -0.4 is 4.74 Å². The molecule has 0 radical (unpaired) electrons. The first-order chi connectivity index (χ1) is 14.7. The van der Waals surface area contributed by atoms with E-state index in [9.17, 15) is 26.4 Å². The second-order valence-corrected chi connectivity index (χ2v) is 8.85. The Balaban J connectivity index is 1.79. The third kappa shape index (κ3) is 6.25. The van der Waals surface area contributed by atoms with Crippen LogP contribution in [0.4, 0.5) is 13.2 Å². The lowest BCUT2D eigenvalue weighted by Crippen LogP contribution is -2.35. The van der Waals surface area contributed by atoms with Gasteiger partial charge < -0.3 is 9.47 Å². The summed E-state index contributed by atoms with van der Waals surface area (Å²) >= 11 is 0. The Labute approximate surface area is 177 Å². The molecule has 1 saturated heterocycles. The Bertz CT molecular complexity index is 1010. The molecule has 2 heterocycles. The summed E-state index contributed by atoms with van der Waals surface area (Å²) in [6.07, 6.45) is -1.17. The molecule has 1 aliphatic rings. The van der Waals surface area contributed by atoms with Gasteiger partial charge in [-0.25, -0.2) is 8.42 Å². The summed E-state index contributed by atoms with van der Waals surface area (Å²) in [5, 5.41) is 0. The van der Waals surface area contributed by atoms with Gasteiger partial charge in [-0.05, 0) is 43.2 Å².